The summed E-state index contributed by atoms with van der Waals surface area (Å²) in [6, 6.07) is 4.81. The molecule has 0 saturated heterocycles. The fraction of sp³-hybridized carbons (Fsp3) is 0.353. The third kappa shape index (κ3) is 4.91. The highest BCUT2D eigenvalue weighted by Gasteiger charge is 2.33. The fourth-order valence-electron chi connectivity index (χ4n) is 2.16. The van der Waals surface area contributed by atoms with Crippen molar-refractivity contribution >= 4 is 17.5 Å². The third-order valence-electron chi connectivity index (χ3n) is 3.57. The van der Waals surface area contributed by atoms with E-state index in [1.807, 2.05) is 11.9 Å². The van der Waals surface area contributed by atoms with Crippen LogP contribution in [0.2, 0.25) is 0 Å². The van der Waals surface area contributed by atoms with Crippen LogP contribution in [0, 0.1) is 0 Å². The summed E-state index contributed by atoms with van der Waals surface area (Å²) < 4.78 is 38.9. The monoisotopic (exact) mass is 352 g/mol. The normalized spacial score (nSPS) is 11.2. The average Bonchev–Trinajstić information content (AvgIpc) is 2.59. The first-order valence-electron chi connectivity index (χ1n) is 7.83. The van der Waals surface area contributed by atoms with Crippen LogP contribution in [0.4, 0.5) is 24.8 Å². The molecular formula is C17H19F3N4O. The van der Waals surface area contributed by atoms with E-state index in [2.05, 4.69) is 22.2 Å². The first-order valence-corrected chi connectivity index (χ1v) is 7.83. The number of amides is 1. The maximum absolute atomic E-state index is 13.0. The molecule has 0 unspecified atom stereocenters. The van der Waals surface area contributed by atoms with Crippen LogP contribution in [0.3, 0.4) is 0 Å². The van der Waals surface area contributed by atoms with Crippen LogP contribution in [-0.2, 0) is 6.18 Å². The van der Waals surface area contributed by atoms with E-state index in [-0.39, 0.29) is 11.3 Å². The highest BCUT2D eigenvalue weighted by atomic mass is 19.4. The van der Waals surface area contributed by atoms with Gasteiger partial charge in [0, 0.05) is 26.0 Å². The Labute approximate surface area is 143 Å². The minimum atomic E-state index is -4.55. The molecule has 1 N–H and O–H groups in total. The second kappa shape index (κ2) is 7.96. The van der Waals surface area contributed by atoms with Crippen molar-refractivity contribution in [2.24, 2.45) is 0 Å². The van der Waals surface area contributed by atoms with Gasteiger partial charge in [0.25, 0.3) is 5.91 Å². The van der Waals surface area contributed by atoms with E-state index in [4.69, 9.17) is 0 Å². The standard InChI is InChI=1S/C17H19F3N4O/c1-3-4-9-24(2)16-21-10-12(11-22-16)15(25)23-14-8-6-5-7-13(14)17(18,19)20/h5-8,10-11H,3-4,9H2,1-2H3,(H,23,25). The number of anilines is 2. The van der Waals surface area contributed by atoms with Crippen molar-refractivity contribution in [2.45, 2.75) is 25.9 Å². The number of unbranched alkanes of at least 4 members (excludes halogenated alkanes) is 1. The number of benzene rings is 1. The van der Waals surface area contributed by atoms with Gasteiger partial charge in [0.1, 0.15) is 0 Å². The molecule has 1 aromatic heterocycles. The Morgan fingerprint density at radius 2 is 1.84 bits per heavy atom. The number of carbonyl (C=O) groups excluding carboxylic acids is 1. The van der Waals surface area contributed by atoms with Crippen LogP contribution in [-0.4, -0.2) is 29.5 Å². The summed E-state index contributed by atoms with van der Waals surface area (Å²) in [6.45, 7) is 2.85. The summed E-state index contributed by atoms with van der Waals surface area (Å²) in [7, 11) is 1.84. The molecule has 0 saturated carbocycles. The Bertz CT molecular complexity index is 717. The Morgan fingerprint density at radius 3 is 2.44 bits per heavy atom. The van der Waals surface area contributed by atoms with Crippen LogP contribution in [0.15, 0.2) is 36.7 Å². The average molecular weight is 352 g/mol. The molecule has 8 heteroatoms. The predicted molar refractivity (Wildman–Crippen MR) is 89.6 cm³/mol. The second-order valence-corrected chi connectivity index (χ2v) is 5.54. The number of alkyl halides is 3. The summed E-state index contributed by atoms with van der Waals surface area (Å²) in [4.78, 5) is 22.2. The van der Waals surface area contributed by atoms with Crippen LogP contribution < -0.4 is 10.2 Å². The van der Waals surface area contributed by atoms with Gasteiger partial charge in [-0.15, -0.1) is 0 Å². The molecule has 5 nitrogen and oxygen atoms in total. The molecule has 0 atom stereocenters. The first-order chi connectivity index (χ1) is 11.8. The zero-order chi connectivity index (χ0) is 18.4. The molecule has 0 aliphatic carbocycles. The van der Waals surface area contributed by atoms with Crippen molar-refractivity contribution in [3.05, 3.63) is 47.8 Å². The van der Waals surface area contributed by atoms with E-state index < -0.39 is 17.6 Å². The van der Waals surface area contributed by atoms with E-state index in [0.717, 1.165) is 25.5 Å². The molecule has 1 amide bonds. The number of halogens is 3. The Hall–Kier alpha value is -2.64. The first kappa shape index (κ1) is 18.7. The van der Waals surface area contributed by atoms with E-state index >= 15 is 0 Å². The summed E-state index contributed by atoms with van der Waals surface area (Å²) in [5, 5.41) is 2.26. The van der Waals surface area contributed by atoms with Gasteiger partial charge in [-0.3, -0.25) is 4.79 Å². The molecule has 0 aliphatic rings. The molecule has 134 valence electrons. The maximum Gasteiger partial charge on any atom is 0.418 e. The topological polar surface area (TPSA) is 58.1 Å². The molecule has 2 aromatic rings. The summed E-state index contributed by atoms with van der Waals surface area (Å²) >= 11 is 0. The number of hydrogen-bond donors (Lipinski definition) is 1. The zero-order valence-electron chi connectivity index (χ0n) is 14.0. The lowest BCUT2D eigenvalue weighted by molar-refractivity contribution is -0.136. The van der Waals surface area contributed by atoms with Gasteiger partial charge in [0.05, 0.1) is 16.8 Å². The van der Waals surface area contributed by atoms with Gasteiger partial charge in [0.15, 0.2) is 0 Å². The zero-order valence-corrected chi connectivity index (χ0v) is 14.0. The smallest absolute Gasteiger partial charge is 0.344 e. The lowest BCUT2D eigenvalue weighted by Gasteiger charge is -2.16. The highest BCUT2D eigenvalue weighted by Crippen LogP contribution is 2.34. The van der Waals surface area contributed by atoms with Crippen molar-refractivity contribution in [3.63, 3.8) is 0 Å². The SMILES string of the molecule is CCCCN(C)c1ncc(C(=O)Nc2ccccc2C(F)(F)F)cn1. The number of rotatable bonds is 6. The molecule has 0 aliphatic heterocycles. The molecule has 0 fully saturated rings. The van der Waals surface area contributed by atoms with Gasteiger partial charge in [-0.2, -0.15) is 13.2 Å². The van der Waals surface area contributed by atoms with Gasteiger partial charge in [-0.25, -0.2) is 9.97 Å². The van der Waals surface area contributed by atoms with E-state index in [9.17, 15) is 18.0 Å². The molecule has 0 bridgehead atoms. The van der Waals surface area contributed by atoms with Crippen LogP contribution >= 0.6 is 0 Å². The van der Waals surface area contributed by atoms with E-state index in [0.29, 0.717) is 5.95 Å². The molecular weight excluding hydrogens is 333 g/mol. The predicted octanol–water partition coefficient (Wildman–Crippen LogP) is 3.98. The van der Waals surface area contributed by atoms with Crippen LogP contribution in [0.1, 0.15) is 35.7 Å². The quantitative estimate of drug-likeness (QED) is 0.854. The number of para-hydroxylation sites is 1. The fourth-order valence-corrected chi connectivity index (χ4v) is 2.16. The molecule has 0 radical (unpaired) electrons. The van der Waals surface area contributed by atoms with Crippen molar-refractivity contribution in [3.8, 4) is 0 Å². The Morgan fingerprint density at radius 1 is 1.20 bits per heavy atom. The van der Waals surface area contributed by atoms with Gasteiger partial charge in [0.2, 0.25) is 5.95 Å². The summed E-state index contributed by atoms with van der Waals surface area (Å²) in [5.41, 5.74) is -1.12. The molecule has 25 heavy (non-hydrogen) atoms. The third-order valence-corrected chi connectivity index (χ3v) is 3.57. The minimum absolute atomic E-state index is 0.0876. The van der Waals surface area contributed by atoms with Crippen molar-refractivity contribution in [2.75, 3.05) is 23.8 Å². The van der Waals surface area contributed by atoms with Crippen molar-refractivity contribution in [1.82, 2.24) is 9.97 Å². The Kier molecular flexibility index (Phi) is 5.95. The van der Waals surface area contributed by atoms with Gasteiger partial charge >= 0.3 is 6.18 Å². The Balaban J connectivity index is 2.12. The number of nitrogens with one attached hydrogen (secondary N) is 1. The summed E-state index contributed by atoms with van der Waals surface area (Å²) in [5.74, 6) is -0.236. The number of hydrogen-bond acceptors (Lipinski definition) is 4. The molecule has 1 aromatic carbocycles. The largest absolute Gasteiger partial charge is 0.418 e. The number of nitrogens with zero attached hydrogens (tertiary/aromatic N) is 3. The molecule has 0 spiro atoms. The van der Waals surface area contributed by atoms with Crippen molar-refractivity contribution < 1.29 is 18.0 Å². The van der Waals surface area contributed by atoms with Gasteiger partial charge < -0.3 is 10.2 Å². The molecule has 2 rings (SSSR count). The van der Waals surface area contributed by atoms with Crippen LogP contribution in [0.25, 0.3) is 0 Å². The number of carbonyl (C=O) groups is 1. The van der Waals surface area contributed by atoms with Crippen molar-refractivity contribution in [1.29, 1.82) is 0 Å². The summed E-state index contributed by atoms with van der Waals surface area (Å²) in [6.07, 6.45) is 0.0681. The molecule has 1 heterocycles. The van der Waals surface area contributed by atoms with E-state index in [1.54, 1.807) is 0 Å². The lowest BCUT2D eigenvalue weighted by atomic mass is 10.1. The second-order valence-electron chi connectivity index (χ2n) is 5.54. The minimum Gasteiger partial charge on any atom is -0.344 e. The maximum atomic E-state index is 13.0. The number of aromatic nitrogens is 2. The lowest BCUT2D eigenvalue weighted by Crippen LogP contribution is -2.22. The van der Waals surface area contributed by atoms with E-state index in [1.165, 1.54) is 30.6 Å². The van der Waals surface area contributed by atoms with Crippen LogP contribution in [0.5, 0.6) is 0 Å². The highest BCUT2D eigenvalue weighted by molar-refractivity contribution is 6.04. The van der Waals surface area contributed by atoms with Gasteiger partial charge in [-0.1, -0.05) is 25.5 Å². The van der Waals surface area contributed by atoms with Gasteiger partial charge in [-0.05, 0) is 18.6 Å².